The van der Waals surface area contributed by atoms with E-state index in [0.29, 0.717) is 12.1 Å². The molecule has 2 aromatic carbocycles. The molecule has 18 heavy (non-hydrogen) atoms. The van der Waals surface area contributed by atoms with Crippen LogP contribution in [0.4, 0.5) is 4.39 Å². The summed E-state index contributed by atoms with van der Waals surface area (Å²) in [6, 6.07) is 19.0. The van der Waals surface area contributed by atoms with Crippen LogP contribution in [0.5, 0.6) is 0 Å². The lowest BCUT2D eigenvalue weighted by Gasteiger charge is -2.05. The van der Waals surface area contributed by atoms with Gasteiger partial charge < -0.3 is 0 Å². The molecule has 3 aromatic rings. The van der Waals surface area contributed by atoms with Crippen molar-refractivity contribution < 1.29 is 4.39 Å². The predicted molar refractivity (Wildman–Crippen MR) is 70.9 cm³/mol. The van der Waals surface area contributed by atoms with Crippen LogP contribution in [0.3, 0.4) is 0 Å². The summed E-state index contributed by atoms with van der Waals surface area (Å²) in [5.41, 5.74) is 2.41. The Bertz CT molecular complexity index is 677. The summed E-state index contributed by atoms with van der Waals surface area (Å²) in [5, 5.41) is 0.840. The van der Waals surface area contributed by atoms with Gasteiger partial charge in [-0.3, -0.25) is 0 Å². The highest BCUT2D eigenvalue weighted by Crippen LogP contribution is 2.17. The third-order valence-electron chi connectivity index (χ3n) is 2.96. The first-order valence-electron chi connectivity index (χ1n) is 5.91. The van der Waals surface area contributed by atoms with E-state index >= 15 is 0 Å². The highest BCUT2D eigenvalue weighted by Gasteiger charge is 2.07. The van der Waals surface area contributed by atoms with Gasteiger partial charge in [-0.05, 0) is 17.7 Å². The van der Waals surface area contributed by atoms with Gasteiger partial charge in [0.2, 0.25) is 0 Å². The van der Waals surface area contributed by atoms with E-state index in [1.54, 1.807) is 6.07 Å². The topological polar surface area (TPSA) is 12.9 Å². The lowest BCUT2D eigenvalue weighted by molar-refractivity contribution is 0.607. The molecule has 0 aliphatic rings. The Morgan fingerprint density at radius 2 is 1.61 bits per heavy atom. The van der Waals surface area contributed by atoms with Crippen molar-refractivity contribution >= 4 is 10.9 Å². The van der Waals surface area contributed by atoms with E-state index < -0.39 is 0 Å². The van der Waals surface area contributed by atoms with Gasteiger partial charge >= 0.3 is 0 Å². The smallest absolute Gasteiger partial charge is 0.145 e. The molecule has 0 unspecified atom stereocenters. The van der Waals surface area contributed by atoms with Crippen LogP contribution in [0.2, 0.25) is 0 Å². The lowest BCUT2D eigenvalue weighted by atomic mass is 10.1. The Hall–Kier alpha value is -2.22. The fraction of sp³-hybridized carbons (Fsp3) is 0.0625. The van der Waals surface area contributed by atoms with Gasteiger partial charge in [0, 0.05) is 11.8 Å². The second kappa shape index (κ2) is 4.57. The minimum Gasteiger partial charge on any atom is -0.249 e. The van der Waals surface area contributed by atoms with Crippen LogP contribution in [0.25, 0.3) is 10.9 Å². The maximum absolute atomic E-state index is 13.9. The molecular formula is C16H12FN. The van der Waals surface area contributed by atoms with Crippen molar-refractivity contribution in [3.63, 3.8) is 0 Å². The zero-order valence-corrected chi connectivity index (χ0v) is 9.81. The minimum absolute atomic E-state index is 0.238. The Morgan fingerprint density at radius 1 is 0.889 bits per heavy atom. The first kappa shape index (κ1) is 10.9. The van der Waals surface area contributed by atoms with Gasteiger partial charge in [-0.15, -0.1) is 0 Å². The fourth-order valence-corrected chi connectivity index (χ4v) is 2.04. The number of nitrogens with zero attached hydrogens (tertiary/aromatic N) is 1. The minimum atomic E-state index is -0.238. The second-order valence-electron chi connectivity index (χ2n) is 4.27. The summed E-state index contributed by atoms with van der Waals surface area (Å²) in [7, 11) is 0. The SMILES string of the molecule is Fc1cc2ccccc2nc1Cc1ccccc1. The van der Waals surface area contributed by atoms with Gasteiger partial charge in [0.1, 0.15) is 5.82 Å². The molecule has 0 saturated carbocycles. The van der Waals surface area contributed by atoms with Gasteiger partial charge in [-0.25, -0.2) is 9.37 Å². The number of halogens is 1. The Balaban J connectivity index is 2.04. The average molecular weight is 237 g/mol. The number of aromatic nitrogens is 1. The van der Waals surface area contributed by atoms with Crippen LogP contribution in [0.15, 0.2) is 60.7 Å². The van der Waals surface area contributed by atoms with E-state index in [4.69, 9.17) is 0 Å². The molecule has 1 heterocycles. The summed E-state index contributed by atoms with van der Waals surface area (Å²) in [6.45, 7) is 0. The van der Waals surface area contributed by atoms with Crippen LogP contribution in [-0.4, -0.2) is 4.98 Å². The third-order valence-corrected chi connectivity index (χ3v) is 2.96. The van der Waals surface area contributed by atoms with E-state index in [-0.39, 0.29) is 5.82 Å². The summed E-state index contributed by atoms with van der Waals surface area (Å²) >= 11 is 0. The standard InChI is InChI=1S/C16H12FN/c17-14-11-13-8-4-5-9-15(13)18-16(14)10-12-6-2-1-3-7-12/h1-9,11H,10H2. The fourth-order valence-electron chi connectivity index (χ4n) is 2.04. The molecule has 0 atom stereocenters. The number of fused-ring (bicyclic) bond motifs is 1. The molecule has 0 bridgehead atoms. The molecule has 3 rings (SSSR count). The lowest BCUT2D eigenvalue weighted by Crippen LogP contribution is -1.97. The largest absolute Gasteiger partial charge is 0.249 e. The first-order chi connectivity index (χ1) is 8.83. The number of hydrogen-bond donors (Lipinski definition) is 0. The maximum atomic E-state index is 13.9. The molecule has 1 nitrogen and oxygen atoms in total. The number of hydrogen-bond acceptors (Lipinski definition) is 1. The van der Waals surface area contributed by atoms with Gasteiger partial charge in [0.15, 0.2) is 0 Å². The van der Waals surface area contributed by atoms with E-state index in [0.717, 1.165) is 16.5 Å². The summed E-state index contributed by atoms with van der Waals surface area (Å²) in [6.07, 6.45) is 0.525. The first-order valence-corrected chi connectivity index (χ1v) is 5.91. The Kier molecular flexibility index (Phi) is 2.77. The normalized spacial score (nSPS) is 10.7. The maximum Gasteiger partial charge on any atom is 0.145 e. The molecular weight excluding hydrogens is 225 g/mol. The number of benzene rings is 2. The Labute approximate surface area is 105 Å². The zero-order chi connectivity index (χ0) is 12.4. The molecule has 0 aliphatic heterocycles. The third kappa shape index (κ3) is 2.09. The van der Waals surface area contributed by atoms with Crippen LogP contribution < -0.4 is 0 Å². The summed E-state index contributed by atoms with van der Waals surface area (Å²) < 4.78 is 13.9. The van der Waals surface area contributed by atoms with E-state index in [1.807, 2.05) is 54.6 Å². The monoisotopic (exact) mass is 237 g/mol. The Morgan fingerprint density at radius 3 is 2.44 bits per heavy atom. The summed E-state index contributed by atoms with van der Waals surface area (Å²) in [5.74, 6) is -0.238. The van der Waals surface area contributed by atoms with Gasteiger partial charge in [-0.1, -0.05) is 48.5 Å². The van der Waals surface area contributed by atoms with Crippen molar-refractivity contribution in [2.45, 2.75) is 6.42 Å². The van der Waals surface area contributed by atoms with Crippen LogP contribution in [0.1, 0.15) is 11.3 Å². The van der Waals surface area contributed by atoms with Crippen molar-refractivity contribution in [2.75, 3.05) is 0 Å². The van der Waals surface area contributed by atoms with Crippen molar-refractivity contribution in [1.82, 2.24) is 4.98 Å². The number of para-hydroxylation sites is 1. The van der Waals surface area contributed by atoms with Gasteiger partial charge in [-0.2, -0.15) is 0 Å². The molecule has 88 valence electrons. The van der Waals surface area contributed by atoms with Crippen molar-refractivity contribution in [3.05, 3.63) is 77.7 Å². The second-order valence-corrected chi connectivity index (χ2v) is 4.27. The van der Waals surface area contributed by atoms with Gasteiger partial charge in [0.25, 0.3) is 0 Å². The van der Waals surface area contributed by atoms with Crippen molar-refractivity contribution in [1.29, 1.82) is 0 Å². The molecule has 0 N–H and O–H groups in total. The van der Waals surface area contributed by atoms with Gasteiger partial charge in [0.05, 0.1) is 11.2 Å². The van der Waals surface area contributed by atoms with E-state index in [9.17, 15) is 4.39 Å². The molecule has 0 saturated heterocycles. The molecule has 0 radical (unpaired) electrons. The van der Waals surface area contributed by atoms with Crippen LogP contribution in [0, 0.1) is 5.82 Å². The predicted octanol–water partition coefficient (Wildman–Crippen LogP) is 3.96. The molecule has 0 aliphatic carbocycles. The zero-order valence-electron chi connectivity index (χ0n) is 9.81. The highest BCUT2D eigenvalue weighted by atomic mass is 19.1. The van der Waals surface area contributed by atoms with E-state index in [1.165, 1.54) is 0 Å². The molecule has 0 fully saturated rings. The quantitative estimate of drug-likeness (QED) is 0.657. The van der Waals surface area contributed by atoms with Crippen molar-refractivity contribution in [3.8, 4) is 0 Å². The van der Waals surface area contributed by atoms with Crippen LogP contribution in [-0.2, 0) is 6.42 Å². The number of pyridine rings is 1. The molecule has 0 spiro atoms. The highest BCUT2D eigenvalue weighted by molar-refractivity contribution is 5.78. The van der Waals surface area contributed by atoms with E-state index in [2.05, 4.69) is 4.98 Å². The molecule has 1 aromatic heterocycles. The van der Waals surface area contributed by atoms with Crippen LogP contribution >= 0.6 is 0 Å². The number of rotatable bonds is 2. The molecule has 2 heteroatoms. The summed E-state index contributed by atoms with van der Waals surface area (Å²) in [4.78, 5) is 4.40. The molecule has 0 amide bonds. The van der Waals surface area contributed by atoms with Crippen molar-refractivity contribution in [2.24, 2.45) is 0 Å². The average Bonchev–Trinajstić information content (AvgIpc) is 2.41.